The first-order valence-electron chi connectivity index (χ1n) is 7.98. The zero-order valence-corrected chi connectivity index (χ0v) is 15.5. The maximum Gasteiger partial charge on any atom is 0.433 e. The third kappa shape index (κ3) is 5.97. The summed E-state index contributed by atoms with van der Waals surface area (Å²) in [5, 5.41) is 5.94. The first-order chi connectivity index (χ1) is 12.9. The molecule has 2 aromatic rings. The molecule has 1 unspecified atom stereocenters. The monoisotopic (exact) mass is 416 g/mol. The molecule has 2 aromatic heterocycles. The second kappa shape index (κ2) is 8.76. The maximum absolute atomic E-state index is 13.2. The van der Waals surface area contributed by atoms with Gasteiger partial charge in [-0.2, -0.15) is 13.2 Å². The van der Waals surface area contributed by atoms with E-state index in [9.17, 15) is 13.2 Å². The number of nitrogens with zero attached hydrogens (tertiary/aromatic N) is 4. The van der Waals surface area contributed by atoms with E-state index < -0.39 is 11.9 Å². The van der Waals surface area contributed by atoms with E-state index in [4.69, 9.17) is 17.0 Å². The minimum Gasteiger partial charge on any atom is -0.376 e. The number of alkyl halides is 3. The van der Waals surface area contributed by atoms with E-state index in [-0.39, 0.29) is 27.3 Å². The van der Waals surface area contributed by atoms with Crippen LogP contribution in [-0.4, -0.2) is 44.3 Å². The number of ether oxygens (including phenoxy) is 1. The highest BCUT2D eigenvalue weighted by molar-refractivity contribution is 7.99. The van der Waals surface area contributed by atoms with Crippen molar-refractivity contribution < 1.29 is 17.9 Å². The Morgan fingerprint density at radius 1 is 1.30 bits per heavy atom. The summed E-state index contributed by atoms with van der Waals surface area (Å²) in [6.07, 6.45) is 0.279. The summed E-state index contributed by atoms with van der Waals surface area (Å²) in [7, 11) is 0. The zero-order valence-electron chi connectivity index (χ0n) is 13.9. The van der Waals surface area contributed by atoms with E-state index in [1.165, 1.54) is 12.4 Å². The Kier molecular flexibility index (Phi) is 6.39. The normalized spacial score (nSPS) is 16.9. The van der Waals surface area contributed by atoms with E-state index in [2.05, 4.69) is 30.6 Å². The van der Waals surface area contributed by atoms with Gasteiger partial charge in [0.25, 0.3) is 0 Å². The number of thiocarbonyl (C=S) groups is 1. The Bertz CT molecular complexity index is 787. The Balaban J connectivity index is 1.72. The van der Waals surface area contributed by atoms with E-state index in [0.717, 1.165) is 30.7 Å². The molecule has 1 aliphatic heterocycles. The summed E-state index contributed by atoms with van der Waals surface area (Å²) < 4.78 is 44.9. The first kappa shape index (κ1) is 19.7. The third-order valence-electron chi connectivity index (χ3n) is 3.47. The van der Waals surface area contributed by atoms with Gasteiger partial charge in [0.05, 0.1) is 6.10 Å². The molecule has 3 rings (SSSR count). The molecular formula is C15H15F3N6OS2. The Morgan fingerprint density at radius 2 is 2.07 bits per heavy atom. The van der Waals surface area contributed by atoms with Gasteiger partial charge in [-0.3, -0.25) is 0 Å². The SMILES string of the molecule is FC(F)(F)c1cc(Sc2ncccn2)nc(NC(=S)NCC2CCCO2)n1. The molecule has 1 fully saturated rings. The van der Waals surface area contributed by atoms with E-state index in [1.807, 2.05) is 0 Å². The molecular weight excluding hydrogens is 401 g/mol. The van der Waals surface area contributed by atoms with Crippen LogP contribution in [0.25, 0.3) is 0 Å². The van der Waals surface area contributed by atoms with Crippen LogP contribution in [0.5, 0.6) is 0 Å². The van der Waals surface area contributed by atoms with Crippen molar-refractivity contribution >= 4 is 35.0 Å². The standard InChI is InChI=1S/C15H15F3N6OS2/c16-15(17,18)10-7-11(27-14-19-4-2-5-20-14)23-12(22-10)24-13(26)21-8-9-3-1-6-25-9/h2,4-5,7,9H,1,3,6,8H2,(H2,21,22,23,24,26). The lowest BCUT2D eigenvalue weighted by Gasteiger charge is -2.14. The van der Waals surface area contributed by atoms with Crippen LogP contribution in [0.2, 0.25) is 0 Å². The van der Waals surface area contributed by atoms with Gasteiger partial charge in [0.15, 0.2) is 16.0 Å². The van der Waals surface area contributed by atoms with Gasteiger partial charge in [-0.05, 0) is 42.9 Å². The largest absolute Gasteiger partial charge is 0.433 e. The molecule has 0 aromatic carbocycles. The molecule has 0 spiro atoms. The minimum atomic E-state index is -4.63. The van der Waals surface area contributed by atoms with Crippen LogP contribution >= 0.6 is 24.0 Å². The van der Waals surface area contributed by atoms with Crippen molar-refractivity contribution in [1.29, 1.82) is 0 Å². The first-order valence-corrected chi connectivity index (χ1v) is 9.20. The van der Waals surface area contributed by atoms with Crippen molar-refractivity contribution in [2.24, 2.45) is 0 Å². The van der Waals surface area contributed by atoms with Crippen LogP contribution in [0.15, 0.2) is 34.7 Å². The molecule has 1 aliphatic rings. The van der Waals surface area contributed by atoms with Gasteiger partial charge in [0, 0.05) is 31.6 Å². The molecule has 0 bridgehead atoms. The fourth-order valence-corrected chi connectivity index (χ4v) is 3.16. The number of hydrogen-bond acceptors (Lipinski definition) is 7. The average molecular weight is 416 g/mol. The van der Waals surface area contributed by atoms with Gasteiger partial charge < -0.3 is 15.4 Å². The fourth-order valence-electron chi connectivity index (χ4n) is 2.27. The van der Waals surface area contributed by atoms with Gasteiger partial charge >= 0.3 is 6.18 Å². The number of halogens is 3. The predicted octanol–water partition coefficient (Wildman–Crippen LogP) is 2.90. The average Bonchev–Trinajstić information content (AvgIpc) is 3.13. The number of nitrogens with one attached hydrogen (secondary N) is 2. The third-order valence-corrected chi connectivity index (χ3v) is 4.53. The zero-order chi connectivity index (χ0) is 19.3. The predicted molar refractivity (Wildman–Crippen MR) is 96.4 cm³/mol. The molecule has 3 heterocycles. The summed E-state index contributed by atoms with van der Waals surface area (Å²) >= 11 is 6.01. The van der Waals surface area contributed by atoms with Crippen LogP contribution in [0.4, 0.5) is 19.1 Å². The molecule has 12 heteroatoms. The molecule has 0 saturated carbocycles. The summed E-state index contributed by atoms with van der Waals surface area (Å²) in [6.45, 7) is 1.16. The van der Waals surface area contributed by atoms with Crippen LogP contribution in [-0.2, 0) is 10.9 Å². The molecule has 2 N–H and O–H groups in total. The molecule has 144 valence electrons. The molecule has 7 nitrogen and oxygen atoms in total. The van der Waals surface area contributed by atoms with Crippen molar-refractivity contribution in [2.45, 2.75) is 35.3 Å². The van der Waals surface area contributed by atoms with Gasteiger partial charge in [-0.15, -0.1) is 0 Å². The summed E-state index contributed by atoms with van der Waals surface area (Å²) in [6, 6.07) is 2.45. The molecule has 0 amide bonds. The Morgan fingerprint density at radius 3 is 2.74 bits per heavy atom. The highest BCUT2D eigenvalue weighted by Gasteiger charge is 2.34. The Labute approximate surface area is 162 Å². The lowest BCUT2D eigenvalue weighted by atomic mass is 10.2. The quantitative estimate of drug-likeness (QED) is 0.434. The molecule has 1 saturated heterocycles. The van der Waals surface area contributed by atoms with E-state index >= 15 is 0 Å². The van der Waals surface area contributed by atoms with Gasteiger partial charge in [-0.25, -0.2) is 19.9 Å². The molecule has 27 heavy (non-hydrogen) atoms. The highest BCUT2D eigenvalue weighted by Crippen LogP contribution is 2.32. The van der Waals surface area contributed by atoms with Crippen molar-refractivity contribution in [3.05, 3.63) is 30.2 Å². The van der Waals surface area contributed by atoms with Crippen LogP contribution in [0.3, 0.4) is 0 Å². The van der Waals surface area contributed by atoms with Gasteiger partial charge in [0.2, 0.25) is 5.95 Å². The lowest BCUT2D eigenvalue weighted by molar-refractivity contribution is -0.141. The lowest BCUT2D eigenvalue weighted by Crippen LogP contribution is -2.35. The highest BCUT2D eigenvalue weighted by atomic mass is 32.2. The van der Waals surface area contributed by atoms with E-state index in [0.29, 0.717) is 13.2 Å². The van der Waals surface area contributed by atoms with Crippen molar-refractivity contribution in [2.75, 3.05) is 18.5 Å². The summed E-state index contributed by atoms with van der Waals surface area (Å²) in [5.41, 5.74) is -1.08. The fraction of sp³-hybridized carbons (Fsp3) is 0.400. The molecule has 0 radical (unpaired) electrons. The summed E-state index contributed by atoms with van der Waals surface area (Å²) in [4.78, 5) is 15.5. The minimum absolute atomic E-state index is 0.0357. The topological polar surface area (TPSA) is 84.9 Å². The number of aromatic nitrogens is 4. The summed E-state index contributed by atoms with van der Waals surface area (Å²) in [5.74, 6) is -0.256. The van der Waals surface area contributed by atoms with Crippen molar-refractivity contribution in [1.82, 2.24) is 25.3 Å². The number of anilines is 1. The van der Waals surface area contributed by atoms with Crippen molar-refractivity contribution in [3.8, 4) is 0 Å². The smallest absolute Gasteiger partial charge is 0.376 e. The number of rotatable bonds is 5. The number of hydrogen-bond donors (Lipinski definition) is 2. The Hall–Kier alpha value is -2.05. The maximum atomic E-state index is 13.2. The van der Waals surface area contributed by atoms with Crippen LogP contribution in [0, 0.1) is 0 Å². The van der Waals surface area contributed by atoms with Crippen molar-refractivity contribution in [3.63, 3.8) is 0 Å². The molecule has 1 atom stereocenters. The van der Waals surface area contributed by atoms with Gasteiger partial charge in [0.1, 0.15) is 5.03 Å². The second-order valence-corrected chi connectivity index (χ2v) is 6.91. The van der Waals surface area contributed by atoms with Crippen LogP contribution < -0.4 is 10.6 Å². The molecule has 0 aliphatic carbocycles. The van der Waals surface area contributed by atoms with Gasteiger partial charge in [-0.1, -0.05) is 0 Å². The van der Waals surface area contributed by atoms with E-state index in [1.54, 1.807) is 6.07 Å². The van der Waals surface area contributed by atoms with Crippen LogP contribution in [0.1, 0.15) is 18.5 Å². The second-order valence-electron chi connectivity index (χ2n) is 5.52.